The third-order valence-corrected chi connectivity index (χ3v) is 5.20. The molecule has 0 fully saturated rings. The number of aromatic amines is 1. The van der Waals surface area contributed by atoms with E-state index in [9.17, 15) is 9.59 Å². The summed E-state index contributed by atoms with van der Waals surface area (Å²) in [7, 11) is 0. The molecular weight excluding hydrogens is 340 g/mol. The fraction of sp³-hybridized carbons (Fsp3) is 0.190. The Labute approximate surface area is 154 Å². The molecule has 27 heavy (non-hydrogen) atoms. The van der Waals surface area contributed by atoms with Crippen molar-refractivity contribution in [2.45, 2.75) is 25.8 Å². The number of amides is 1. The first-order valence-electron chi connectivity index (χ1n) is 8.96. The molecule has 0 aliphatic carbocycles. The van der Waals surface area contributed by atoms with Gasteiger partial charge in [0.25, 0.3) is 0 Å². The van der Waals surface area contributed by atoms with E-state index in [1.54, 1.807) is 12.1 Å². The van der Waals surface area contributed by atoms with Crippen LogP contribution in [-0.2, 0) is 11.3 Å². The maximum Gasteiger partial charge on any atom is 0.221 e. The maximum absolute atomic E-state index is 12.6. The standard InChI is InChI=1S/C21H18N4O2/c1-12-6-7-25-19(8-12)24-17-11-22-20(27)9-14(21(17)25)16-10-18(26)13-4-2-3-5-15(13)23-16/h2-8,10,14H,9,11H2,1H3,(H,22,27)(H,23,26)/t14-/m0/s1. The van der Waals surface area contributed by atoms with Gasteiger partial charge in [-0.1, -0.05) is 12.1 Å². The number of benzene rings is 1. The molecule has 0 saturated heterocycles. The Hall–Kier alpha value is -3.41. The minimum Gasteiger partial charge on any atom is -0.358 e. The molecule has 134 valence electrons. The average Bonchev–Trinajstić information content (AvgIpc) is 2.93. The number of carbonyl (C=O) groups is 1. The van der Waals surface area contributed by atoms with Crippen LogP contribution in [0.3, 0.4) is 0 Å². The highest BCUT2D eigenvalue weighted by Gasteiger charge is 2.29. The van der Waals surface area contributed by atoms with E-state index in [4.69, 9.17) is 4.98 Å². The molecule has 0 spiro atoms. The van der Waals surface area contributed by atoms with Gasteiger partial charge in [-0.05, 0) is 36.8 Å². The summed E-state index contributed by atoms with van der Waals surface area (Å²) < 4.78 is 2.03. The first-order valence-corrected chi connectivity index (χ1v) is 8.96. The molecule has 6 heteroatoms. The van der Waals surface area contributed by atoms with Gasteiger partial charge < -0.3 is 14.7 Å². The number of para-hydroxylation sites is 1. The average molecular weight is 358 g/mol. The van der Waals surface area contributed by atoms with Crippen LogP contribution in [0.25, 0.3) is 16.6 Å². The van der Waals surface area contributed by atoms with E-state index in [0.29, 0.717) is 11.9 Å². The Morgan fingerprint density at radius 2 is 2.00 bits per heavy atom. The van der Waals surface area contributed by atoms with Crippen molar-refractivity contribution in [1.82, 2.24) is 19.7 Å². The van der Waals surface area contributed by atoms with Gasteiger partial charge in [0.15, 0.2) is 5.43 Å². The SMILES string of the molecule is Cc1ccn2c3c(nc2c1)CNC(=O)C[C@H]3c1cc(=O)c2ccccc2[nH]1. The van der Waals surface area contributed by atoms with Crippen molar-refractivity contribution in [3.8, 4) is 0 Å². The van der Waals surface area contributed by atoms with E-state index in [1.165, 1.54) is 0 Å². The van der Waals surface area contributed by atoms with Crippen LogP contribution in [0.15, 0.2) is 53.5 Å². The van der Waals surface area contributed by atoms with Gasteiger partial charge >= 0.3 is 0 Å². The highest BCUT2D eigenvalue weighted by Crippen LogP contribution is 2.32. The highest BCUT2D eigenvalue weighted by molar-refractivity contribution is 5.80. The van der Waals surface area contributed by atoms with Crippen molar-refractivity contribution in [1.29, 1.82) is 0 Å². The number of nitrogens with zero attached hydrogens (tertiary/aromatic N) is 2. The number of hydrogen-bond donors (Lipinski definition) is 2. The molecule has 0 unspecified atom stereocenters. The summed E-state index contributed by atoms with van der Waals surface area (Å²) in [5.41, 5.74) is 5.23. The van der Waals surface area contributed by atoms with Crippen LogP contribution in [0, 0.1) is 6.92 Å². The molecule has 1 aliphatic heterocycles. The Bertz CT molecular complexity index is 1270. The molecule has 0 radical (unpaired) electrons. The highest BCUT2D eigenvalue weighted by atomic mass is 16.1. The van der Waals surface area contributed by atoms with Crippen molar-refractivity contribution < 1.29 is 4.79 Å². The summed E-state index contributed by atoms with van der Waals surface area (Å²) in [5.74, 6) is -0.314. The van der Waals surface area contributed by atoms with E-state index in [0.717, 1.165) is 33.8 Å². The largest absolute Gasteiger partial charge is 0.358 e. The van der Waals surface area contributed by atoms with Crippen molar-refractivity contribution in [2.24, 2.45) is 0 Å². The second kappa shape index (κ2) is 5.81. The monoisotopic (exact) mass is 358 g/mol. The van der Waals surface area contributed by atoms with Crippen molar-refractivity contribution >= 4 is 22.5 Å². The van der Waals surface area contributed by atoms with E-state index in [-0.39, 0.29) is 23.7 Å². The van der Waals surface area contributed by atoms with E-state index in [2.05, 4.69) is 10.3 Å². The van der Waals surface area contributed by atoms with Crippen LogP contribution in [-0.4, -0.2) is 20.3 Å². The van der Waals surface area contributed by atoms with Gasteiger partial charge in [0, 0.05) is 35.3 Å². The van der Waals surface area contributed by atoms with Gasteiger partial charge in [0.05, 0.1) is 23.9 Å². The molecule has 0 saturated carbocycles. The van der Waals surface area contributed by atoms with Gasteiger partial charge in [-0.2, -0.15) is 0 Å². The lowest BCUT2D eigenvalue weighted by Crippen LogP contribution is -2.22. The zero-order valence-corrected chi connectivity index (χ0v) is 14.8. The first kappa shape index (κ1) is 15.8. The topological polar surface area (TPSA) is 79.3 Å². The fourth-order valence-electron chi connectivity index (χ4n) is 3.91. The summed E-state index contributed by atoms with van der Waals surface area (Å²) in [6.07, 6.45) is 2.25. The van der Waals surface area contributed by atoms with Crippen molar-refractivity contribution in [2.75, 3.05) is 0 Å². The second-order valence-corrected chi connectivity index (χ2v) is 7.04. The molecule has 0 bridgehead atoms. The van der Waals surface area contributed by atoms with Gasteiger partial charge in [-0.3, -0.25) is 9.59 Å². The predicted octanol–water partition coefficient (Wildman–Crippen LogP) is 2.64. The van der Waals surface area contributed by atoms with Gasteiger partial charge in [0.2, 0.25) is 5.91 Å². The first-order chi connectivity index (χ1) is 13.1. The molecule has 1 aliphatic rings. The zero-order chi connectivity index (χ0) is 18.5. The molecule has 1 aromatic carbocycles. The predicted molar refractivity (Wildman–Crippen MR) is 103 cm³/mol. The number of fused-ring (bicyclic) bond motifs is 4. The maximum atomic E-state index is 12.6. The number of nitrogens with one attached hydrogen (secondary N) is 2. The normalized spacial score (nSPS) is 16.9. The number of rotatable bonds is 1. The molecule has 4 aromatic rings. The lowest BCUT2D eigenvalue weighted by molar-refractivity contribution is -0.121. The van der Waals surface area contributed by atoms with E-state index >= 15 is 0 Å². The third-order valence-electron chi connectivity index (χ3n) is 5.20. The van der Waals surface area contributed by atoms with Crippen molar-refractivity contribution in [3.63, 3.8) is 0 Å². The number of aromatic nitrogens is 3. The number of pyridine rings is 2. The summed E-state index contributed by atoms with van der Waals surface area (Å²) in [6, 6.07) is 13.1. The lowest BCUT2D eigenvalue weighted by atomic mass is 9.95. The Kier molecular flexibility index (Phi) is 3.40. The number of imidazole rings is 1. The second-order valence-electron chi connectivity index (χ2n) is 7.04. The summed E-state index contributed by atoms with van der Waals surface area (Å²) in [4.78, 5) is 33.1. The summed E-state index contributed by atoms with van der Waals surface area (Å²) in [5, 5.41) is 3.57. The number of hydrogen-bond acceptors (Lipinski definition) is 3. The Morgan fingerprint density at radius 1 is 1.15 bits per heavy atom. The van der Waals surface area contributed by atoms with E-state index < -0.39 is 0 Å². The van der Waals surface area contributed by atoms with Gasteiger partial charge in [0.1, 0.15) is 5.65 Å². The van der Waals surface area contributed by atoms with Gasteiger partial charge in [-0.15, -0.1) is 0 Å². The molecule has 6 nitrogen and oxygen atoms in total. The molecule has 2 N–H and O–H groups in total. The number of H-pyrrole nitrogens is 1. The molecule has 3 aromatic heterocycles. The fourth-order valence-corrected chi connectivity index (χ4v) is 3.91. The Balaban J connectivity index is 1.78. The Morgan fingerprint density at radius 3 is 2.89 bits per heavy atom. The van der Waals surface area contributed by atoms with Crippen LogP contribution in [0.4, 0.5) is 0 Å². The summed E-state index contributed by atoms with van der Waals surface area (Å²) >= 11 is 0. The third kappa shape index (κ3) is 2.52. The quantitative estimate of drug-likeness (QED) is 0.549. The molecular formula is C21H18N4O2. The number of carbonyl (C=O) groups excluding carboxylic acids is 1. The lowest BCUT2D eigenvalue weighted by Gasteiger charge is -2.16. The van der Waals surface area contributed by atoms with Gasteiger partial charge in [-0.25, -0.2) is 4.98 Å². The van der Waals surface area contributed by atoms with Crippen LogP contribution in [0.1, 0.15) is 35.0 Å². The van der Waals surface area contributed by atoms with E-state index in [1.807, 2.05) is 47.9 Å². The van der Waals surface area contributed by atoms with Crippen molar-refractivity contribution in [3.05, 3.63) is 81.5 Å². The van der Waals surface area contributed by atoms with Crippen LogP contribution >= 0.6 is 0 Å². The minimum atomic E-state index is -0.266. The smallest absolute Gasteiger partial charge is 0.221 e. The molecule has 1 atom stereocenters. The van der Waals surface area contributed by atoms with Crippen LogP contribution in [0.2, 0.25) is 0 Å². The summed E-state index contributed by atoms with van der Waals surface area (Å²) in [6.45, 7) is 2.42. The molecule has 5 rings (SSSR count). The zero-order valence-electron chi connectivity index (χ0n) is 14.8. The molecule has 4 heterocycles. The van der Waals surface area contributed by atoms with Crippen LogP contribution < -0.4 is 10.7 Å². The number of aryl methyl sites for hydroxylation is 1. The minimum absolute atomic E-state index is 0.0461. The van der Waals surface area contributed by atoms with Crippen LogP contribution in [0.5, 0.6) is 0 Å². The molecule has 1 amide bonds.